The van der Waals surface area contributed by atoms with E-state index in [0.717, 1.165) is 10.6 Å². The maximum absolute atomic E-state index is 12.5. The number of thiazole rings is 1. The topological polar surface area (TPSA) is 88.9 Å². The van der Waals surface area contributed by atoms with Crippen molar-refractivity contribution >= 4 is 29.0 Å². The molecule has 3 aromatic rings. The maximum Gasteiger partial charge on any atom is 0.276 e. The van der Waals surface area contributed by atoms with Crippen molar-refractivity contribution in [1.82, 2.24) is 20.1 Å². The zero-order chi connectivity index (χ0) is 17.8. The summed E-state index contributed by atoms with van der Waals surface area (Å²) in [5.41, 5.74) is 1.57. The molecule has 0 unspecified atom stereocenters. The summed E-state index contributed by atoms with van der Waals surface area (Å²) in [4.78, 5) is 28.9. The molecule has 128 valence electrons. The second-order valence-corrected chi connectivity index (χ2v) is 6.02. The standard InChI is InChI=1S/C17H17N5O2S/c1-3-22-14(12(9-19-22)15(23)18-2)21-16(24)13-10-25-17(20-13)11-7-5-4-6-8-11/h4-10H,3H2,1-2H3,(H,18,23)(H,21,24). The van der Waals surface area contributed by atoms with Gasteiger partial charge in [0.25, 0.3) is 11.8 Å². The highest BCUT2D eigenvalue weighted by molar-refractivity contribution is 7.13. The molecule has 3 rings (SSSR count). The number of benzene rings is 1. The third-order valence-electron chi connectivity index (χ3n) is 3.60. The summed E-state index contributed by atoms with van der Waals surface area (Å²) in [7, 11) is 1.53. The Morgan fingerprint density at radius 1 is 1.20 bits per heavy atom. The van der Waals surface area contributed by atoms with Crippen LogP contribution >= 0.6 is 11.3 Å². The van der Waals surface area contributed by atoms with Crippen molar-refractivity contribution in [1.29, 1.82) is 0 Å². The smallest absolute Gasteiger partial charge is 0.276 e. The van der Waals surface area contributed by atoms with Gasteiger partial charge in [-0.05, 0) is 6.92 Å². The van der Waals surface area contributed by atoms with Crippen LogP contribution in [0.5, 0.6) is 0 Å². The first kappa shape index (κ1) is 16.8. The van der Waals surface area contributed by atoms with E-state index in [9.17, 15) is 9.59 Å². The lowest BCUT2D eigenvalue weighted by Gasteiger charge is -2.08. The minimum absolute atomic E-state index is 0.301. The Labute approximate surface area is 148 Å². The molecule has 2 N–H and O–H groups in total. The van der Waals surface area contributed by atoms with Crippen molar-refractivity contribution in [3.8, 4) is 10.6 Å². The van der Waals surface area contributed by atoms with Crippen LogP contribution in [0.4, 0.5) is 5.82 Å². The van der Waals surface area contributed by atoms with E-state index in [-0.39, 0.29) is 11.8 Å². The van der Waals surface area contributed by atoms with E-state index < -0.39 is 0 Å². The summed E-state index contributed by atoms with van der Waals surface area (Å²) in [6, 6.07) is 9.65. The van der Waals surface area contributed by atoms with Crippen LogP contribution in [0.3, 0.4) is 0 Å². The molecule has 2 aromatic heterocycles. The van der Waals surface area contributed by atoms with Crippen molar-refractivity contribution < 1.29 is 9.59 Å². The molecular weight excluding hydrogens is 338 g/mol. The minimum Gasteiger partial charge on any atom is -0.355 e. The van der Waals surface area contributed by atoms with Crippen LogP contribution in [0.25, 0.3) is 10.6 Å². The lowest BCUT2D eigenvalue weighted by atomic mass is 10.2. The molecule has 7 nitrogen and oxygen atoms in total. The van der Waals surface area contributed by atoms with Crippen molar-refractivity contribution in [3.05, 3.63) is 53.2 Å². The first-order valence-electron chi connectivity index (χ1n) is 7.74. The van der Waals surface area contributed by atoms with Gasteiger partial charge >= 0.3 is 0 Å². The number of aryl methyl sites for hydroxylation is 1. The first-order valence-corrected chi connectivity index (χ1v) is 8.62. The van der Waals surface area contributed by atoms with Gasteiger partial charge in [0.15, 0.2) is 0 Å². The van der Waals surface area contributed by atoms with Crippen molar-refractivity contribution in [2.75, 3.05) is 12.4 Å². The number of nitrogens with zero attached hydrogens (tertiary/aromatic N) is 3. The molecule has 0 saturated carbocycles. The van der Waals surface area contributed by atoms with E-state index in [1.807, 2.05) is 37.3 Å². The molecule has 2 amide bonds. The highest BCUT2D eigenvalue weighted by atomic mass is 32.1. The number of aromatic nitrogens is 3. The van der Waals surface area contributed by atoms with Crippen LogP contribution in [0, 0.1) is 0 Å². The number of amides is 2. The van der Waals surface area contributed by atoms with Crippen LogP contribution in [-0.2, 0) is 6.54 Å². The van der Waals surface area contributed by atoms with Crippen LogP contribution in [0.2, 0.25) is 0 Å². The molecule has 0 aliphatic heterocycles. The Kier molecular flexibility index (Phi) is 4.90. The van der Waals surface area contributed by atoms with Gasteiger partial charge in [0.1, 0.15) is 22.1 Å². The average Bonchev–Trinajstić information content (AvgIpc) is 3.29. The van der Waals surface area contributed by atoms with Gasteiger partial charge in [0, 0.05) is 24.5 Å². The molecule has 0 aliphatic carbocycles. The van der Waals surface area contributed by atoms with E-state index in [1.165, 1.54) is 24.6 Å². The Morgan fingerprint density at radius 2 is 1.96 bits per heavy atom. The van der Waals surface area contributed by atoms with Gasteiger partial charge < -0.3 is 10.6 Å². The van der Waals surface area contributed by atoms with Crippen molar-refractivity contribution in [2.24, 2.45) is 0 Å². The Bertz CT molecular complexity index is 901. The van der Waals surface area contributed by atoms with E-state index >= 15 is 0 Å². The van der Waals surface area contributed by atoms with Crippen molar-refractivity contribution in [2.45, 2.75) is 13.5 Å². The number of rotatable bonds is 5. The second kappa shape index (κ2) is 7.27. The number of anilines is 1. The monoisotopic (exact) mass is 355 g/mol. The van der Waals surface area contributed by atoms with E-state index in [1.54, 1.807) is 10.1 Å². The summed E-state index contributed by atoms with van der Waals surface area (Å²) in [5.74, 6) is -0.321. The third-order valence-corrected chi connectivity index (χ3v) is 4.49. The molecule has 2 heterocycles. The van der Waals surface area contributed by atoms with Gasteiger partial charge in [-0.15, -0.1) is 11.3 Å². The third kappa shape index (κ3) is 3.43. The molecular formula is C17H17N5O2S. The van der Waals surface area contributed by atoms with Gasteiger partial charge in [-0.3, -0.25) is 9.59 Å². The molecule has 0 fully saturated rings. The lowest BCUT2D eigenvalue weighted by molar-refractivity contribution is 0.0964. The average molecular weight is 355 g/mol. The van der Waals surface area contributed by atoms with Gasteiger partial charge in [-0.1, -0.05) is 30.3 Å². The predicted octanol–water partition coefficient (Wildman–Crippen LogP) is 2.64. The van der Waals surface area contributed by atoms with Gasteiger partial charge in [0.2, 0.25) is 0 Å². The van der Waals surface area contributed by atoms with Crippen LogP contribution < -0.4 is 10.6 Å². The molecule has 0 atom stereocenters. The SMILES string of the molecule is CCn1ncc(C(=O)NC)c1NC(=O)c1csc(-c2ccccc2)n1. The maximum atomic E-state index is 12.5. The summed E-state index contributed by atoms with van der Waals surface area (Å²) in [6.45, 7) is 2.41. The number of hydrogen-bond donors (Lipinski definition) is 2. The summed E-state index contributed by atoms with van der Waals surface area (Å²) in [6.07, 6.45) is 1.44. The van der Waals surface area contributed by atoms with Gasteiger partial charge in [0.05, 0.1) is 6.20 Å². The Hall–Kier alpha value is -3.00. The lowest BCUT2D eigenvalue weighted by Crippen LogP contribution is -2.22. The first-order chi connectivity index (χ1) is 12.1. The van der Waals surface area contributed by atoms with E-state index in [2.05, 4.69) is 20.7 Å². The fraction of sp³-hybridized carbons (Fsp3) is 0.176. The molecule has 25 heavy (non-hydrogen) atoms. The number of nitrogens with one attached hydrogen (secondary N) is 2. The summed E-state index contributed by atoms with van der Waals surface area (Å²) < 4.78 is 1.56. The number of hydrogen-bond acceptors (Lipinski definition) is 5. The second-order valence-electron chi connectivity index (χ2n) is 5.16. The zero-order valence-corrected chi connectivity index (χ0v) is 14.6. The number of carbonyl (C=O) groups is 2. The quantitative estimate of drug-likeness (QED) is 0.736. The van der Waals surface area contributed by atoms with E-state index in [4.69, 9.17) is 0 Å². The van der Waals surface area contributed by atoms with Crippen molar-refractivity contribution in [3.63, 3.8) is 0 Å². The fourth-order valence-electron chi connectivity index (χ4n) is 2.32. The normalized spacial score (nSPS) is 10.5. The van der Waals surface area contributed by atoms with Gasteiger partial charge in [-0.2, -0.15) is 5.10 Å². The highest BCUT2D eigenvalue weighted by Gasteiger charge is 2.20. The Balaban J connectivity index is 1.85. The van der Waals surface area contributed by atoms with Crippen LogP contribution in [0.15, 0.2) is 41.9 Å². The van der Waals surface area contributed by atoms with Crippen LogP contribution in [0.1, 0.15) is 27.8 Å². The predicted molar refractivity (Wildman–Crippen MR) is 96.8 cm³/mol. The molecule has 0 aliphatic rings. The van der Waals surface area contributed by atoms with Gasteiger partial charge in [-0.25, -0.2) is 9.67 Å². The minimum atomic E-state index is -0.376. The molecule has 8 heteroatoms. The molecule has 1 aromatic carbocycles. The fourth-order valence-corrected chi connectivity index (χ4v) is 3.13. The van der Waals surface area contributed by atoms with E-state index in [0.29, 0.717) is 23.6 Å². The summed E-state index contributed by atoms with van der Waals surface area (Å²) >= 11 is 1.39. The Morgan fingerprint density at radius 3 is 2.64 bits per heavy atom. The van der Waals surface area contributed by atoms with Crippen LogP contribution in [-0.4, -0.2) is 33.6 Å². The highest BCUT2D eigenvalue weighted by Crippen LogP contribution is 2.24. The summed E-state index contributed by atoms with van der Waals surface area (Å²) in [5, 5.41) is 11.9. The molecule has 0 bridgehead atoms. The molecule has 0 spiro atoms. The largest absolute Gasteiger partial charge is 0.355 e. The number of carbonyl (C=O) groups excluding carboxylic acids is 2. The molecule has 0 saturated heterocycles. The zero-order valence-electron chi connectivity index (χ0n) is 13.8. The molecule has 0 radical (unpaired) electrons.